The molecule has 0 bridgehead atoms. The fourth-order valence-corrected chi connectivity index (χ4v) is 3.51. The van der Waals surface area contributed by atoms with Crippen molar-refractivity contribution in [3.63, 3.8) is 0 Å². The van der Waals surface area contributed by atoms with Gasteiger partial charge in [0.05, 0.1) is 12.7 Å². The second-order valence-corrected chi connectivity index (χ2v) is 7.43. The van der Waals surface area contributed by atoms with Crippen molar-refractivity contribution in [3.05, 3.63) is 89.2 Å². The second kappa shape index (κ2) is 8.35. The average Bonchev–Trinajstić information content (AvgIpc) is 3.30. The summed E-state index contributed by atoms with van der Waals surface area (Å²) in [6.45, 7) is 5.47. The lowest BCUT2D eigenvalue weighted by Gasteiger charge is -2.09. The summed E-state index contributed by atoms with van der Waals surface area (Å²) in [6.07, 6.45) is 6.48. The minimum Gasteiger partial charge on any atom is -0.464 e. The molecule has 1 amide bonds. The van der Waals surface area contributed by atoms with Crippen molar-refractivity contribution in [2.75, 3.05) is 6.54 Å². The highest BCUT2D eigenvalue weighted by molar-refractivity contribution is 5.88. The molecule has 0 aliphatic carbocycles. The van der Waals surface area contributed by atoms with Gasteiger partial charge in [-0.15, -0.1) is 0 Å². The minimum absolute atomic E-state index is 0.00732. The summed E-state index contributed by atoms with van der Waals surface area (Å²) >= 11 is 0. The fourth-order valence-electron chi connectivity index (χ4n) is 3.51. The molecule has 29 heavy (non-hydrogen) atoms. The van der Waals surface area contributed by atoms with Crippen LogP contribution in [-0.4, -0.2) is 22.0 Å². The number of hydrogen-bond donors (Lipinski definition) is 1. The molecule has 148 valence electrons. The molecule has 0 aliphatic rings. The third-order valence-corrected chi connectivity index (χ3v) is 5.29. The van der Waals surface area contributed by atoms with E-state index in [0.29, 0.717) is 19.4 Å². The van der Waals surface area contributed by atoms with E-state index in [2.05, 4.69) is 46.9 Å². The van der Waals surface area contributed by atoms with Gasteiger partial charge in [0, 0.05) is 42.9 Å². The summed E-state index contributed by atoms with van der Waals surface area (Å²) in [7, 11) is 0. The summed E-state index contributed by atoms with van der Waals surface area (Å²) in [5.74, 6) is 0.959. The molecule has 0 spiro atoms. The number of fused-ring (bicyclic) bond motifs is 1. The van der Waals surface area contributed by atoms with Gasteiger partial charge in [0.2, 0.25) is 5.91 Å². The van der Waals surface area contributed by atoms with Crippen molar-refractivity contribution in [2.45, 2.75) is 33.2 Å². The van der Waals surface area contributed by atoms with E-state index in [1.165, 1.54) is 16.7 Å². The number of aromatic nitrogens is 2. The van der Waals surface area contributed by atoms with Gasteiger partial charge in [-0.2, -0.15) is 0 Å². The molecule has 0 atom stereocenters. The van der Waals surface area contributed by atoms with Crippen LogP contribution in [0.5, 0.6) is 0 Å². The molecule has 0 unspecified atom stereocenters. The molecule has 0 aliphatic heterocycles. The molecule has 5 nitrogen and oxygen atoms in total. The molecule has 4 aromatic rings. The Morgan fingerprint density at radius 1 is 1.14 bits per heavy atom. The number of benzene rings is 2. The van der Waals surface area contributed by atoms with Gasteiger partial charge < -0.3 is 14.3 Å². The van der Waals surface area contributed by atoms with E-state index in [1.807, 2.05) is 36.7 Å². The maximum absolute atomic E-state index is 12.4. The van der Waals surface area contributed by atoms with Crippen molar-refractivity contribution in [3.8, 4) is 0 Å². The Morgan fingerprint density at radius 3 is 2.76 bits per heavy atom. The van der Waals surface area contributed by atoms with Gasteiger partial charge in [0.15, 0.2) is 0 Å². The smallest absolute Gasteiger partial charge is 0.224 e. The Labute approximate surface area is 170 Å². The maximum Gasteiger partial charge on any atom is 0.224 e. The number of hydrogen-bond acceptors (Lipinski definition) is 3. The highest BCUT2D eigenvalue weighted by Gasteiger charge is 2.12. The molecule has 2 aromatic carbocycles. The number of aryl methyl sites for hydroxylation is 2. The van der Waals surface area contributed by atoms with Crippen LogP contribution in [0, 0.1) is 13.8 Å². The number of nitrogens with one attached hydrogen (secondary N) is 1. The number of imidazole rings is 1. The van der Waals surface area contributed by atoms with Crippen molar-refractivity contribution in [2.24, 2.45) is 0 Å². The molecular weight excluding hydrogens is 362 g/mol. The van der Waals surface area contributed by atoms with Crippen LogP contribution < -0.4 is 5.32 Å². The zero-order valence-corrected chi connectivity index (χ0v) is 16.8. The van der Waals surface area contributed by atoms with E-state index in [4.69, 9.17) is 4.42 Å². The van der Waals surface area contributed by atoms with E-state index in [1.54, 1.807) is 6.26 Å². The first-order valence-electron chi connectivity index (χ1n) is 9.88. The molecule has 0 saturated heterocycles. The number of nitrogens with zero attached hydrogens (tertiary/aromatic N) is 2. The van der Waals surface area contributed by atoms with Crippen LogP contribution in [0.15, 0.2) is 65.5 Å². The van der Waals surface area contributed by atoms with Crippen LogP contribution >= 0.6 is 0 Å². The van der Waals surface area contributed by atoms with Gasteiger partial charge >= 0.3 is 0 Å². The fraction of sp³-hybridized carbons (Fsp3) is 0.250. The Balaban J connectivity index is 1.33. The molecular formula is C24H25N3O2. The summed E-state index contributed by atoms with van der Waals surface area (Å²) in [6, 6.07) is 14.4. The normalized spacial score (nSPS) is 11.1. The first-order chi connectivity index (χ1) is 14.1. The lowest BCUT2D eigenvalue weighted by Crippen LogP contribution is -2.27. The predicted octanol–water partition coefficient (Wildman–Crippen LogP) is 4.20. The molecule has 0 saturated carbocycles. The first-order valence-corrected chi connectivity index (χ1v) is 9.88. The molecule has 4 rings (SSSR count). The van der Waals surface area contributed by atoms with E-state index >= 15 is 0 Å². The van der Waals surface area contributed by atoms with Crippen molar-refractivity contribution < 1.29 is 9.21 Å². The molecule has 0 radical (unpaired) electrons. The van der Waals surface area contributed by atoms with Crippen LogP contribution in [-0.2, 0) is 24.2 Å². The second-order valence-electron chi connectivity index (χ2n) is 7.43. The van der Waals surface area contributed by atoms with E-state index < -0.39 is 0 Å². The quantitative estimate of drug-likeness (QED) is 0.517. The number of amides is 1. The van der Waals surface area contributed by atoms with Crippen LogP contribution in [0.25, 0.3) is 11.0 Å². The predicted molar refractivity (Wildman–Crippen MR) is 114 cm³/mol. The average molecular weight is 387 g/mol. The molecule has 0 fully saturated rings. The number of furan rings is 1. The Kier molecular flexibility index (Phi) is 5.47. The van der Waals surface area contributed by atoms with Gasteiger partial charge in [0.25, 0.3) is 0 Å². The Hall–Kier alpha value is -3.34. The number of carbonyl (C=O) groups excluding carboxylic acids is 1. The van der Waals surface area contributed by atoms with E-state index in [9.17, 15) is 4.79 Å². The minimum atomic E-state index is -0.00732. The third-order valence-electron chi connectivity index (χ3n) is 5.29. The van der Waals surface area contributed by atoms with Gasteiger partial charge in [0.1, 0.15) is 11.4 Å². The Morgan fingerprint density at radius 2 is 1.93 bits per heavy atom. The lowest BCUT2D eigenvalue weighted by molar-refractivity contribution is -0.120. The standard InChI is InChI=1S/C24H25N3O2/c1-17-12-21-20(16-29-22(21)13-18(17)2)14-24(28)26-9-8-23-25-10-11-27(23)15-19-6-4-3-5-7-19/h3-7,10-13,16H,8-9,14-15H2,1-2H3,(H,26,28). The van der Waals surface area contributed by atoms with Gasteiger partial charge in [-0.3, -0.25) is 4.79 Å². The van der Waals surface area contributed by atoms with E-state index in [0.717, 1.165) is 28.9 Å². The SMILES string of the molecule is Cc1cc2occ(CC(=O)NCCc3nccn3Cc3ccccc3)c2cc1C. The van der Waals surface area contributed by atoms with E-state index in [-0.39, 0.29) is 5.91 Å². The summed E-state index contributed by atoms with van der Waals surface area (Å²) in [5, 5.41) is 4.02. The Bertz CT molecular complexity index is 1130. The topological polar surface area (TPSA) is 60.1 Å². The van der Waals surface area contributed by atoms with Gasteiger partial charge in [-0.1, -0.05) is 30.3 Å². The van der Waals surface area contributed by atoms with Gasteiger partial charge in [-0.05, 0) is 42.7 Å². The summed E-state index contributed by atoms with van der Waals surface area (Å²) in [5.41, 5.74) is 5.37. The van der Waals surface area contributed by atoms with Crippen LogP contribution in [0.1, 0.15) is 28.1 Å². The first kappa shape index (κ1) is 19.0. The largest absolute Gasteiger partial charge is 0.464 e. The maximum atomic E-state index is 12.4. The summed E-state index contributed by atoms with van der Waals surface area (Å²) < 4.78 is 7.75. The van der Waals surface area contributed by atoms with Crippen molar-refractivity contribution in [1.29, 1.82) is 0 Å². The number of rotatable bonds is 7. The molecule has 2 aromatic heterocycles. The highest BCUT2D eigenvalue weighted by Crippen LogP contribution is 2.25. The molecule has 1 N–H and O–H groups in total. The summed E-state index contributed by atoms with van der Waals surface area (Å²) in [4.78, 5) is 16.9. The van der Waals surface area contributed by atoms with Crippen LogP contribution in [0.4, 0.5) is 0 Å². The lowest BCUT2D eigenvalue weighted by atomic mass is 10.0. The van der Waals surface area contributed by atoms with Crippen LogP contribution in [0.2, 0.25) is 0 Å². The zero-order chi connectivity index (χ0) is 20.2. The molecule has 5 heteroatoms. The zero-order valence-electron chi connectivity index (χ0n) is 16.8. The highest BCUT2D eigenvalue weighted by atomic mass is 16.3. The molecule has 2 heterocycles. The number of carbonyl (C=O) groups is 1. The monoisotopic (exact) mass is 387 g/mol. The van der Waals surface area contributed by atoms with Crippen LogP contribution in [0.3, 0.4) is 0 Å². The van der Waals surface area contributed by atoms with Crippen molar-refractivity contribution >= 4 is 16.9 Å². The van der Waals surface area contributed by atoms with Crippen molar-refractivity contribution in [1.82, 2.24) is 14.9 Å². The van der Waals surface area contributed by atoms with Gasteiger partial charge in [-0.25, -0.2) is 4.98 Å². The third kappa shape index (κ3) is 4.40.